The lowest BCUT2D eigenvalue weighted by Gasteiger charge is -2.34. The normalized spacial score (nSPS) is 12.7. The molecule has 0 unspecified atom stereocenters. The number of nitrogens with zero attached hydrogens (tertiary/aromatic N) is 3. The number of benzene rings is 1. The van der Waals surface area contributed by atoms with Gasteiger partial charge < -0.3 is 14.4 Å². The number of aromatic nitrogens is 2. The molecule has 1 amide bonds. The Labute approximate surface area is 181 Å². The second-order valence-electron chi connectivity index (χ2n) is 8.21. The van der Waals surface area contributed by atoms with Crippen LogP contribution in [0.5, 0.6) is 11.5 Å². The largest absolute Gasteiger partial charge is 0.496 e. The molecule has 158 valence electrons. The van der Waals surface area contributed by atoms with Crippen LogP contribution in [0.2, 0.25) is 0 Å². The Morgan fingerprint density at radius 1 is 1.40 bits per heavy atom. The summed E-state index contributed by atoms with van der Waals surface area (Å²) in [6, 6.07) is 5.97. The van der Waals surface area contributed by atoms with Gasteiger partial charge in [0.1, 0.15) is 18.1 Å². The summed E-state index contributed by atoms with van der Waals surface area (Å²) in [7, 11) is 3.50. The number of fused-ring (bicyclic) bond motifs is 3. The maximum atomic E-state index is 13.5. The van der Waals surface area contributed by atoms with E-state index in [1.165, 1.54) is 0 Å². The first kappa shape index (κ1) is 20.5. The maximum Gasteiger partial charge on any atom is 0.274 e. The van der Waals surface area contributed by atoms with Crippen LogP contribution in [0.3, 0.4) is 0 Å². The third-order valence-corrected chi connectivity index (χ3v) is 6.81. The molecule has 0 N–H and O–H groups in total. The van der Waals surface area contributed by atoms with E-state index in [1.807, 2.05) is 47.6 Å². The second-order valence-corrected chi connectivity index (χ2v) is 8.99. The van der Waals surface area contributed by atoms with Crippen molar-refractivity contribution in [2.24, 2.45) is 0 Å². The van der Waals surface area contributed by atoms with Gasteiger partial charge in [0.2, 0.25) is 0 Å². The predicted octanol–water partition coefficient (Wildman–Crippen LogP) is 5.07. The van der Waals surface area contributed by atoms with Crippen molar-refractivity contribution in [3.8, 4) is 28.4 Å². The molecule has 0 radical (unpaired) electrons. The van der Waals surface area contributed by atoms with Crippen molar-refractivity contribution in [1.29, 1.82) is 0 Å². The van der Waals surface area contributed by atoms with Gasteiger partial charge in [0, 0.05) is 35.2 Å². The van der Waals surface area contributed by atoms with Gasteiger partial charge in [0.05, 0.1) is 18.5 Å². The summed E-state index contributed by atoms with van der Waals surface area (Å²) in [5.74, 6) is 1.42. The van der Waals surface area contributed by atoms with Gasteiger partial charge in [-0.3, -0.25) is 4.79 Å². The summed E-state index contributed by atoms with van der Waals surface area (Å²) >= 11 is 1.60. The molecule has 1 aliphatic heterocycles. The van der Waals surface area contributed by atoms with Crippen LogP contribution >= 0.6 is 11.3 Å². The molecule has 0 fully saturated rings. The number of aryl methyl sites for hydroxylation is 1. The summed E-state index contributed by atoms with van der Waals surface area (Å²) in [6.07, 6.45) is 0.848. The second kappa shape index (κ2) is 7.47. The summed E-state index contributed by atoms with van der Waals surface area (Å²) in [5.41, 5.74) is 4.77. The Bertz CT molecular complexity index is 1100. The number of hydrogen-bond donors (Lipinski definition) is 0. The molecule has 1 aliphatic rings. The Morgan fingerprint density at radius 3 is 2.80 bits per heavy atom. The van der Waals surface area contributed by atoms with Crippen LogP contribution in [-0.4, -0.2) is 40.3 Å². The van der Waals surface area contributed by atoms with Gasteiger partial charge in [-0.05, 0) is 50.3 Å². The summed E-state index contributed by atoms with van der Waals surface area (Å²) in [5, 5.41) is 8.84. The van der Waals surface area contributed by atoms with Crippen LogP contribution in [0.1, 0.15) is 48.8 Å². The van der Waals surface area contributed by atoms with Crippen molar-refractivity contribution in [2.75, 3.05) is 14.2 Å². The van der Waals surface area contributed by atoms with E-state index in [0.29, 0.717) is 12.3 Å². The average Bonchev–Trinajstić information content (AvgIpc) is 3.40. The fourth-order valence-electron chi connectivity index (χ4n) is 3.61. The standard InChI is InChI=1S/C23H27N3O3S/c1-7-23(3,4)25(5)22(27)20-17-12-29-19-11-18(28-6)14(2)10-16(19)21(17)26(24-20)15-8-9-30-13-15/h8-11,13H,7,12H2,1-6H3. The summed E-state index contributed by atoms with van der Waals surface area (Å²) in [4.78, 5) is 15.2. The van der Waals surface area contributed by atoms with Crippen LogP contribution < -0.4 is 9.47 Å². The van der Waals surface area contributed by atoms with Gasteiger partial charge in [-0.15, -0.1) is 0 Å². The molecule has 1 aromatic carbocycles. The molecule has 2 aromatic heterocycles. The number of hydrogen-bond acceptors (Lipinski definition) is 5. The highest BCUT2D eigenvalue weighted by Gasteiger charge is 2.35. The van der Waals surface area contributed by atoms with Crippen molar-refractivity contribution in [3.05, 3.63) is 45.8 Å². The molecule has 3 heterocycles. The zero-order valence-electron chi connectivity index (χ0n) is 18.3. The zero-order valence-corrected chi connectivity index (χ0v) is 19.1. The monoisotopic (exact) mass is 425 g/mol. The van der Waals surface area contributed by atoms with Crippen molar-refractivity contribution in [1.82, 2.24) is 14.7 Å². The maximum absolute atomic E-state index is 13.5. The zero-order chi connectivity index (χ0) is 21.6. The van der Waals surface area contributed by atoms with Gasteiger partial charge in [-0.1, -0.05) is 6.92 Å². The Kier molecular flexibility index (Phi) is 5.10. The smallest absolute Gasteiger partial charge is 0.274 e. The molecule has 0 spiro atoms. The van der Waals surface area contributed by atoms with Gasteiger partial charge in [-0.25, -0.2) is 4.68 Å². The number of ether oxygens (including phenoxy) is 2. The van der Waals surface area contributed by atoms with Crippen LogP contribution in [0.15, 0.2) is 29.0 Å². The molecule has 4 rings (SSSR count). The Hall–Kier alpha value is -2.80. The lowest BCUT2D eigenvalue weighted by atomic mass is 9.97. The van der Waals surface area contributed by atoms with E-state index in [4.69, 9.17) is 14.6 Å². The highest BCUT2D eigenvalue weighted by molar-refractivity contribution is 7.08. The molecule has 0 aliphatic carbocycles. The number of carbonyl (C=O) groups excluding carboxylic acids is 1. The predicted molar refractivity (Wildman–Crippen MR) is 119 cm³/mol. The Balaban J connectivity index is 1.93. The molecule has 3 aromatic rings. The van der Waals surface area contributed by atoms with Gasteiger partial charge in [0.25, 0.3) is 5.91 Å². The van der Waals surface area contributed by atoms with Crippen molar-refractivity contribution < 1.29 is 14.3 Å². The van der Waals surface area contributed by atoms with Crippen LogP contribution in [0, 0.1) is 6.92 Å². The first-order valence-electron chi connectivity index (χ1n) is 10.0. The first-order chi connectivity index (χ1) is 14.3. The van der Waals surface area contributed by atoms with Crippen LogP contribution in [0.25, 0.3) is 16.9 Å². The van der Waals surface area contributed by atoms with E-state index < -0.39 is 0 Å². The molecule has 0 saturated carbocycles. The minimum absolute atomic E-state index is 0.0932. The lowest BCUT2D eigenvalue weighted by molar-refractivity contribution is 0.0611. The summed E-state index contributed by atoms with van der Waals surface area (Å²) in [6.45, 7) is 8.50. The average molecular weight is 426 g/mol. The third kappa shape index (κ3) is 3.17. The van der Waals surface area contributed by atoms with E-state index in [9.17, 15) is 4.79 Å². The highest BCUT2D eigenvalue weighted by atomic mass is 32.1. The van der Waals surface area contributed by atoms with Crippen LogP contribution in [-0.2, 0) is 6.61 Å². The van der Waals surface area contributed by atoms with E-state index in [0.717, 1.165) is 46.0 Å². The van der Waals surface area contributed by atoms with E-state index in [-0.39, 0.29) is 11.4 Å². The summed E-state index contributed by atoms with van der Waals surface area (Å²) < 4.78 is 13.4. The number of thiophene rings is 1. The molecular formula is C23H27N3O3S. The molecule has 6 nitrogen and oxygen atoms in total. The van der Waals surface area contributed by atoms with Gasteiger partial charge in [0.15, 0.2) is 5.69 Å². The number of carbonyl (C=O) groups is 1. The lowest BCUT2D eigenvalue weighted by Crippen LogP contribution is -2.45. The van der Waals surface area contributed by atoms with Crippen LogP contribution in [0.4, 0.5) is 0 Å². The fourth-order valence-corrected chi connectivity index (χ4v) is 4.23. The van der Waals surface area contributed by atoms with Crippen molar-refractivity contribution >= 4 is 17.2 Å². The molecule has 0 saturated heterocycles. The van der Waals surface area contributed by atoms with Gasteiger partial charge >= 0.3 is 0 Å². The molecule has 0 bridgehead atoms. The number of rotatable bonds is 5. The van der Waals surface area contributed by atoms with Crippen molar-refractivity contribution in [2.45, 2.75) is 46.3 Å². The third-order valence-electron chi connectivity index (χ3n) is 6.14. The first-order valence-corrected chi connectivity index (χ1v) is 11.0. The Morgan fingerprint density at radius 2 is 2.17 bits per heavy atom. The highest BCUT2D eigenvalue weighted by Crippen LogP contribution is 2.43. The van der Waals surface area contributed by atoms with Gasteiger partial charge in [-0.2, -0.15) is 16.4 Å². The van der Waals surface area contributed by atoms with E-state index >= 15 is 0 Å². The van der Waals surface area contributed by atoms with E-state index in [1.54, 1.807) is 23.3 Å². The number of amides is 1. The molecule has 30 heavy (non-hydrogen) atoms. The van der Waals surface area contributed by atoms with E-state index in [2.05, 4.69) is 20.8 Å². The van der Waals surface area contributed by atoms with Crippen molar-refractivity contribution in [3.63, 3.8) is 0 Å². The topological polar surface area (TPSA) is 56.6 Å². The SMILES string of the molecule is CCC(C)(C)N(C)C(=O)c1nn(-c2ccsc2)c2c1COc1cc(OC)c(C)cc1-2. The molecular weight excluding hydrogens is 398 g/mol. The fraction of sp³-hybridized carbons (Fsp3) is 0.391. The molecule has 7 heteroatoms. The minimum Gasteiger partial charge on any atom is -0.496 e. The number of methoxy groups -OCH3 is 1. The molecule has 0 atom stereocenters. The minimum atomic E-state index is -0.270. The quantitative estimate of drug-likeness (QED) is 0.573.